The molecule has 0 spiro atoms. The van der Waals surface area contributed by atoms with E-state index in [4.69, 9.17) is 0 Å². The summed E-state index contributed by atoms with van der Waals surface area (Å²) in [6.45, 7) is 3.56. The van der Waals surface area contributed by atoms with Crippen LogP contribution in [0.4, 0.5) is 0 Å². The fourth-order valence-corrected chi connectivity index (χ4v) is 10.0. The summed E-state index contributed by atoms with van der Waals surface area (Å²) in [5, 5.41) is 22.1. The fourth-order valence-electron chi connectivity index (χ4n) is 10.0. The molecule has 6 atom stereocenters. The second-order valence-electron chi connectivity index (χ2n) is 12.5. The molecule has 2 N–H and O–H groups in total. The summed E-state index contributed by atoms with van der Waals surface area (Å²) in [6.07, 6.45) is 14.0. The van der Waals surface area contributed by atoms with E-state index in [9.17, 15) is 15.1 Å². The van der Waals surface area contributed by atoms with E-state index in [1.54, 1.807) is 6.08 Å². The number of hydrogen-bond donors (Lipinski definition) is 2. The van der Waals surface area contributed by atoms with Crippen LogP contribution < -0.4 is 0 Å². The number of allylic oxidation sites excluding steroid dienone is 2. The minimum absolute atomic E-state index is 0.0187. The Bertz CT molecular complexity index is 1170. The second-order valence-corrected chi connectivity index (χ2v) is 12.5. The van der Waals surface area contributed by atoms with Gasteiger partial charge < -0.3 is 10.0 Å². The maximum atomic E-state index is 13.7. The number of phenolic OH excluding ortho intramolecular Hbond substituents is 1. The van der Waals surface area contributed by atoms with Crippen LogP contribution in [-0.2, 0) is 16.6 Å². The first-order valence-corrected chi connectivity index (χ1v) is 13.7. The average molecular weight is 474 g/mol. The minimum Gasteiger partial charge on any atom is -0.508 e. The van der Waals surface area contributed by atoms with Crippen molar-refractivity contribution in [2.75, 3.05) is 26.2 Å². The Kier molecular flexibility index (Phi) is 4.12. The molecule has 184 valence electrons. The van der Waals surface area contributed by atoms with Gasteiger partial charge >= 0.3 is 0 Å². The Morgan fingerprint density at radius 3 is 2.89 bits per heavy atom. The monoisotopic (exact) mass is 473 g/mol. The summed E-state index contributed by atoms with van der Waals surface area (Å²) >= 11 is 0. The Labute approximate surface area is 206 Å². The lowest BCUT2D eigenvalue weighted by atomic mass is 9.43. The number of phenols is 1. The first-order valence-electron chi connectivity index (χ1n) is 13.7. The Morgan fingerprint density at radius 2 is 2.06 bits per heavy atom. The van der Waals surface area contributed by atoms with Gasteiger partial charge in [0.15, 0.2) is 0 Å². The molecular weight excluding hydrogens is 438 g/mol. The van der Waals surface area contributed by atoms with Crippen LogP contribution in [0.2, 0.25) is 0 Å². The average Bonchev–Trinajstić information content (AvgIpc) is 3.54. The van der Waals surface area contributed by atoms with Crippen molar-refractivity contribution in [2.45, 2.75) is 62.4 Å². The fraction of sp³-hybridized carbons (Fsp3) is 0.621. The number of fused-ring (bicyclic) bond motifs is 1. The van der Waals surface area contributed by atoms with Crippen LogP contribution in [0.1, 0.15) is 49.7 Å². The van der Waals surface area contributed by atoms with E-state index in [-0.39, 0.29) is 22.8 Å². The van der Waals surface area contributed by atoms with Gasteiger partial charge in [0.1, 0.15) is 11.4 Å². The third kappa shape index (κ3) is 2.55. The summed E-state index contributed by atoms with van der Waals surface area (Å²) < 4.78 is 0. The van der Waals surface area contributed by atoms with Crippen LogP contribution in [0, 0.1) is 23.2 Å². The molecule has 5 unspecified atom stereocenters. The molecular formula is C29H35N3O3. The van der Waals surface area contributed by atoms with Crippen molar-refractivity contribution >= 4 is 5.91 Å². The van der Waals surface area contributed by atoms with Crippen molar-refractivity contribution < 1.29 is 15.1 Å². The summed E-state index contributed by atoms with van der Waals surface area (Å²) in [5.74, 6) is 2.19. The van der Waals surface area contributed by atoms with E-state index in [1.165, 1.54) is 36.9 Å². The highest BCUT2D eigenvalue weighted by molar-refractivity contribution is 5.93. The highest BCUT2D eigenvalue weighted by Gasteiger charge is 2.76. The molecule has 8 rings (SSSR count). The van der Waals surface area contributed by atoms with Gasteiger partial charge in [-0.15, -0.1) is 0 Å². The molecule has 0 radical (unpaired) electrons. The first kappa shape index (κ1) is 20.8. The maximum absolute atomic E-state index is 13.7. The van der Waals surface area contributed by atoms with E-state index in [0.29, 0.717) is 35.9 Å². The highest BCUT2D eigenvalue weighted by atomic mass is 16.5. The van der Waals surface area contributed by atoms with Crippen LogP contribution in [0.3, 0.4) is 0 Å². The van der Waals surface area contributed by atoms with Gasteiger partial charge in [-0.1, -0.05) is 18.2 Å². The predicted octanol–water partition coefficient (Wildman–Crippen LogP) is 3.44. The van der Waals surface area contributed by atoms with Gasteiger partial charge in [-0.05, 0) is 104 Å². The summed E-state index contributed by atoms with van der Waals surface area (Å²) in [4.78, 5) is 18.7. The number of piperidine rings is 1. The zero-order chi connectivity index (χ0) is 23.5. The quantitative estimate of drug-likeness (QED) is 0.704. The molecule has 4 aliphatic carbocycles. The lowest BCUT2D eigenvalue weighted by Crippen LogP contribution is -2.70. The zero-order valence-electron chi connectivity index (χ0n) is 20.3. The largest absolute Gasteiger partial charge is 0.508 e. The van der Waals surface area contributed by atoms with Gasteiger partial charge in [-0.25, -0.2) is 5.06 Å². The number of amides is 1. The van der Waals surface area contributed by atoms with E-state index >= 15 is 0 Å². The van der Waals surface area contributed by atoms with Crippen molar-refractivity contribution in [3.63, 3.8) is 0 Å². The lowest BCUT2D eigenvalue weighted by Gasteiger charge is -2.66. The zero-order valence-corrected chi connectivity index (χ0v) is 20.3. The number of hydroxylamine groups is 2. The molecule has 3 saturated carbocycles. The molecule has 0 aromatic heterocycles. The van der Waals surface area contributed by atoms with Crippen LogP contribution in [0.25, 0.3) is 0 Å². The van der Waals surface area contributed by atoms with Crippen molar-refractivity contribution in [3.8, 4) is 5.75 Å². The number of aromatic hydroxyl groups is 1. The van der Waals surface area contributed by atoms with Gasteiger partial charge in [-0.2, -0.15) is 0 Å². The maximum Gasteiger partial charge on any atom is 0.272 e. The van der Waals surface area contributed by atoms with Gasteiger partial charge in [0.05, 0.1) is 6.54 Å². The molecule has 1 aromatic carbocycles. The normalized spacial score (nSPS) is 41.0. The molecule has 6 nitrogen and oxygen atoms in total. The number of benzene rings is 1. The van der Waals surface area contributed by atoms with Crippen molar-refractivity contribution in [1.29, 1.82) is 0 Å². The number of carbonyl (C=O) groups excluding carboxylic acids is 1. The molecule has 1 aromatic rings. The minimum atomic E-state index is -0.0187. The predicted molar refractivity (Wildman–Crippen MR) is 131 cm³/mol. The van der Waals surface area contributed by atoms with E-state index in [0.717, 1.165) is 49.8 Å². The molecule has 7 aliphatic rings. The van der Waals surface area contributed by atoms with Crippen LogP contribution >= 0.6 is 0 Å². The lowest BCUT2D eigenvalue weighted by molar-refractivity contribution is -0.143. The van der Waals surface area contributed by atoms with Gasteiger partial charge in [0.25, 0.3) is 5.91 Å². The van der Waals surface area contributed by atoms with Gasteiger partial charge in [-0.3, -0.25) is 14.9 Å². The molecule has 6 heteroatoms. The Morgan fingerprint density at radius 1 is 1.17 bits per heavy atom. The smallest absolute Gasteiger partial charge is 0.272 e. The summed E-state index contributed by atoms with van der Waals surface area (Å²) in [6, 6.07) is 6.96. The number of rotatable bonds is 3. The third-order valence-corrected chi connectivity index (χ3v) is 11.2. The van der Waals surface area contributed by atoms with Gasteiger partial charge in [0, 0.05) is 30.6 Å². The molecule has 3 heterocycles. The number of carbonyl (C=O) groups is 1. The first-order chi connectivity index (χ1) is 17.0. The highest BCUT2D eigenvalue weighted by Crippen LogP contribution is 2.75. The summed E-state index contributed by atoms with van der Waals surface area (Å²) in [5.41, 5.74) is 3.54. The second kappa shape index (κ2) is 6.92. The molecule has 35 heavy (non-hydrogen) atoms. The molecule has 1 amide bonds. The number of likely N-dealkylation sites (tertiary alicyclic amines) is 2. The van der Waals surface area contributed by atoms with Gasteiger partial charge in [0.2, 0.25) is 0 Å². The third-order valence-electron chi connectivity index (χ3n) is 11.2. The van der Waals surface area contributed by atoms with E-state index < -0.39 is 0 Å². The van der Waals surface area contributed by atoms with Crippen LogP contribution in [0.15, 0.2) is 42.1 Å². The topological polar surface area (TPSA) is 67.3 Å². The number of nitrogens with zero attached hydrogens (tertiary/aromatic N) is 3. The SMILES string of the molecule is O=C(C1=CC=CCN1O)N1C[C@H]2CC34CCC1C2C31CCN(CC2CC2)C4Cc2ccc(O)cc21. The van der Waals surface area contributed by atoms with Crippen LogP contribution in [-0.4, -0.2) is 69.3 Å². The Hall–Kier alpha value is -2.31. The van der Waals surface area contributed by atoms with E-state index in [1.807, 2.05) is 18.2 Å². The van der Waals surface area contributed by atoms with Crippen molar-refractivity contribution in [1.82, 2.24) is 14.9 Å². The molecule has 4 bridgehead atoms. The number of hydrogen-bond acceptors (Lipinski definition) is 5. The standard InChI is InChI=1S/C29H35N3O3/c33-21-7-6-19-13-25-28-9-8-23-26(29(28,22(19)14-21)10-12-30(25)16-18-4-5-18)20(15-28)17-31(23)27(34)24-3-1-2-11-32(24)35/h1-3,6-7,14,18,20,23,25-26,33,35H,4-5,8-13,15-17H2/t20-,23?,25?,26?,28?,29?/m1/s1. The summed E-state index contributed by atoms with van der Waals surface area (Å²) in [7, 11) is 0. The van der Waals surface area contributed by atoms with Crippen molar-refractivity contribution in [3.05, 3.63) is 53.3 Å². The van der Waals surface area contributed by atoms with E-state index in [2.05, 4.69) is 21.9 Å². The molecule has 2 saturated heterocycles. The van der Waals surface area contributed by atoms with Crippen molar-refractivity contribution in [2.24, 2.45) is 23.2 Å². The van der Waals surface area contributed by atoms with Crippen LogP contribution in [0.5, 0.6) is 5.75 Å². The molecule has 3 aliphatic heterocycles. The Balaban J connectivity index is 1.23. The molecule has 5 fully saturated rings.